The fourth-order valence-electron chi connectivity index (χ4n) is 2.91. The normalized spacial score (nSPS) is 10.6. The third-order valence-electron chi connectivity index (χ3n) is 4.10. The minimum atomic E-state index is 0. The van der Waals surface area contributed by atoms with Crippen LogP contribution in [0.2, 0.25) is 0 Å². The number of benzene rings is 2. The van der Waals surface area contributed by atoms with Crippen molar-refractivity contribution in [3.63, 3.8) is 0 Å². The number of hydrogen-bond acceptors (Lipinski definition) is 3. The first-order chi connectivity index (χ1) is 11.7. The Balaban J connectivity index is 0.00000225. The zero-order valence-electron chi connectivity index (χ0n) is 14.2. The Morgan fingerprint density at radius 2 is 1.96 bits per heavy atom. The van der Waals surface area contributed by atoms with Gasteiger partial charge in [-0.2, -0.15) is 0 Å². The number of fused-ring (bicyclic) bond motifs is 1. The molecule has 134 valence electrons. The average Bonchev–Trinajstić information content (AvgIpc) is 2.88. The second-order valence-electron chi connectivity index (χ2n) is 5.75. The van der Waals surface area contributed by atoms with Crippen molar-refractivity contribution < 1.29 is 4.74 Å². The highest BCUT2D eigenvalue weighted by Crippen LogP contribution is 2.24. The van der Waals surface area contributed by atoms with E-state index in [0.717, 1.165) is 42.6 Å². The highest BCUT2D eigenvalue weighted by molar-refractivity contribution is 9.10. The van der Waals surface area contributed by atoms with E-state index in [1.165, 1.54) is 10.0 Å². The van der Waals surface area contributed by atoms with Gasteiger partial charge in [0.25, 0.3) is 0 Å². The van der Waals surface area contributed by atoms with Gasteiger partial charge in [0, 0.05) is 17.1 Å². The number of imidazole rings is 1. The third-order valence-corrected chi connectivity index (χ3v) is 4.87. The van der Waals surface area contributed by atoms with Crippen molar-refractivity contribution in [2.75, 3.05) is 12.3 Å². The molecule has 2 N–H and O–H groups in total. The van der Waals surface area contributed by atoms with Crippen LogP contribution in [0.5, 0.6) is 5.75 Å². The van der Waals surface area contributed by atoms with Crippen molar-refractivity contribution in [2.24, 2.45) is 0 Å². The molecule has 0 bridgehead atoms. The summed E-state index contributed by atoms with van der Waals surface area (Å²) in [5, 5.41) is 0. The number of hydrogen-bond donors (Lipinski definition) is 1. The van der Waals surface area contributed by atoms with Gasteiger partial charge in [-0.3, -0.25) is 0 Å². The second-order valence-corrected chi connectivity index (χ2v) is 6.61. The van der Waals surface area contributed by atoms with E-state index >= 15 is 0 Å². The maximum atomic E-state index is 6.10. The van der Waals surface area contributed by atoms with Crippen molar-refractivity contribution in [3.05, 3.63) is 52.5 Å². The van der Waals surface area contributed by atoms with Gasteiger partial charge in [0.05, 0.1) is 17.6 Å². The maximum Gasteiger partial charge on any atom is 0.201 e. The lowest BCUT2D eigenvalue weighted by Crippen LogP contribution is -2.04. The smallest absolute Gasteiger partial charge is 0.201 e. The minimum absolute atomic E-state index is 0. The molecule has 0 aliphatic rings. The van der Waals surface area contributed by atoms with Crippen LogP contribution in [0, 0.1) is 0 Å². The van der Waals surface area contributed by atoms with Crippen LogP contribution in [0.4, 0.5) is 5.95 Å². The van der Waals surface area contributed by atoms with Gasteiger partial charge in [-0.25, -0.2) is 4.98 Å². The summed E-state index contributed by atoms with van der Waals surface area (Å²) >= 11 is 3.60. The first kappa shape index (κ1) is 19.6. The third kappa shape index (κ3) is 4.67. The number of anilines is 1. The fraction of sp³-hybridized carbons (Fsp3) is 0.316. The first-order valence-corrected chi connectivity index (χ1v) is 9.10. The Hall–Kier alpha value is -1.72. The molecule has 0 atom stereocenters. The zero-order chi connectivity index (χ0) is 16.9. The molecule has 0 fully saturated rings. The van der Waals surface area contributed by atoms with E-state index in [2.05, 4.69) is 43.7 Å². The van der Waals surface area contributed by atoms with Crippen molar-refractivity contribution >= 4 is 45.3 Å². The van der Waals surface area contributed by atoms with Gasteiger partial charge in [0.2, 0.25) is 5.95 Å². The molecule has 4 nitrogen and oxygen atoms in total. The van der Waals surface area contributed by atoms with Crippen LogP contribution in [0.1, 0.15) is 25.3 Å². The number of nitrogens with zero attached hydrogens (tertiary/aromatic N) is 2. The monoisotopic (exact) mass is 423 g/mol. The van der Waals surface area contributed by atoms with E-state index < -0.39 is 0 Å². The van der Waals surface area contributed by atoms with E-state index in [1.807, 2.05) is 31.2 Å². The summed E-state index contributed by atoms with van der Waals surface area (Å²) in [5.41, 5.74) is 9.41. The number of unbranched alkanes of at least 4 members (excludes halogenated alkanes) is 1. The molecule has 3 aromatic rings. The van der Waals surface area contributed by atoms with Gasteiger partial charge in [0.15, 0.2) is 0 Å². The Bertz CT molecular complexity index is 835. The first-order valence-electron chi connectivity index (χ1n) is 8.31. The number of aryl methyl sites for hydroxylation is 2. The van der Waals surface area contributed by atoms with E-state index in [4.69, 9.17) is 10.5 Å². The summed E-state index contributed by atoms with van der Waals surface area (Å²) in [6.07, 6.45) is 3.23. The van der Waals surface area contributed by atoms with Crippen molar-refractivity contribution in [2.45, 2.75) is 32.7 Å². The van der Waals surface area contributed by atoms with Gasteiger partial charge >= 0.3 is 0 Å². The van der Waals surface area contributed by atoms with Gasteiger partial charge in [-0.1, -0.05) is 34.1 Å². The predicted octanol–water partition coefficient (Wildman–Crippen LogP) is 5.22. The number of rotatable bonds is 7. The number of nitrogen functional groups attached to an aromatic ring is 1. The molecular formula is C19H23BrClN3O. The molecule has 0 saturated heterocycles. The lowest BCUT2D eigenvalue weighted by atomic mass is 10.1. The minimum Gasteiger partial charge on any atom is -0.494 e. The predicted molar refractivity (Wildman–Crippen MR) is 110 cm³/mol. The molecule has 0 amide bonds. The second kappa shape index (κ2) is 9.11. The van der Waals surface area contributed by atoms with E-state index in [-0.39, 0.29) is 12.4 Å². The number of ether oxygens (including phenoxy) is 1. The largest absolute Gasteiger partial charge is 0.494 e. The number of aromatic nitrogens is 2. The molecule has 1 aromatic heterocycles. The van der Waals surface area contributed by atoms with Crippen LogP contribution in [-0.4, -0.2) is 16.2 Å². The summed E-state index contributed by atoms with van der Waals surface area (Å²) in [5.74, 6) is 1.41. The lowest BCUT2D eigenvalue weighted by molar-refractivity contribution is 0.340. The molecule has 1 heterocycles. The Labute approximate surface area is 162 Å². The van der Waals surface area contributed by atoms with Crippen LogP contribution in [0.25, 0.3) is 11.0 Å². The fourth-order valence-corrected chi connectivity index (χ4v) is 3.39. The van der Waals surface area contributed by atoms with Gasteiger partial charge in [-0.05, 0) is 49.9 Å². The Morgan fingerprint density at radius 1 is 1.16 bits per heavy atom. The standard InChI is InChI=1S/C19H22BrN3O.ClH/c1-2-24-15-10-11-18-17(13-15)22-19(21)23(18)12-6-5-8-14-7-3-4-9-16(14)20;/h3-4,7,9-11,13H,2,5-6,8,12H2,1H3,(H2,21,22);1H. The molecule has 0 aliphatic heterocycles. The molecule has 0 saturated carbocycles. The van der Waals surface area contributed by atoms with Crippen LogP contribution >= 0.6 is 28.3 Å². The molecule has 25 heavy (non-hydrogen) atoms. The summed E-state index contributed by atoms with van der Waals surface area (Å²) in [6, 6.07) is 14.3. The van der Waals surface area contributed by atoms with Crippen LogP contribution in [0.15, 0.2) is 46.9 Å². The Kier molecular flexibility index (Phi) is 7.14. The summed E-state index contributed by atoms with van der Waals surface area (Å²) in [4.78, 5) is 4.46. The molecule has 6 heteroatoms. The summed E-state index contributed by atoms with van der Waals surface area (Å²) in [7, 11) is 0. The van der Waals surface area contributed by atoms with E-state index in [9.17, 15) is 0 Å². The highest BCUT2D eigenvalue weighted by Gasteiger charge is 2.09. The van der Waals surface area contributed by atoms with Gasteiger partial charge in [0.1, 0.15) is 5.75 Å². The van der Waals surface area contributed by atoms with Crippen LogP contribution < -0.4 is 10.5 Å². The molecule has 0 unspecified atom stereocenters. The van der Waals surface area contributed by atoms with Gasteiger partial charge in [-0.15, -0.1) is 12.4 Å². The van der Waals surface area contributed by atoms with Crippen LogP contribution in [-0.2, 0) is 13.0 Å². The molecule has 2 aromatic carbocycles. The molecule has 0 aliphatic carbocycles. The topological polar surface area (TPSA) is 53.1 Å². The summed E-state index contributed by atoms with van der Waals surface area (Å²) < 4.78 is 8.80. The molecule has 0 spiro atoms. The zero-order valence-corrected chi connectivity index (χ0v) is 16.6. The van der Waals surface area contributed by atoms with Crippen molar-refractivity contribution in [1.29, 1.82) is 0 Å². The summed E-state index contributed by atoms with van der Waals surface area (Å²) in [6.45, 7) is 3.50. The number of halogens is 2. The highest BCUT2D eigenvalue weighted by atomic mass is 79.9. The average molecular weight is 425 g/mol. The maximum absolute atomic E-state index is 6.10. The van der Waals surface area contributed by atoms with E-state index in [0.29, 0.717) is 12.6 Å². The lowest BCUT2D eigenvalue weighted by Gasteiger charge is -2.08. The van der Waals surface area contributed by atoms with Crippen molar-refractivity contribution in [3.8, 4) is 5.75 Å². The molecule has 3 rings (SSSR count). The van der Waals surface area contributed by atoms with Gasteiger partial charge < -0.3 is 15.0 Å². The molecular weight excluding hydrogens is 402 g/mol. The quantitative estimate of drug-likeness (QED) is 0.529. The van der Waals surface area contributed by atoms with E-state index in [1.54, 1.807) is 0 Å². The molecule has 0 radical (unpaired) electrons. The Morgan fingerprint density at radius 3 is 2.72 bits per heavy atom. The SMILES string of the molecule is CCOc1ccc2c(c1)nc(N)n2CCCCc1ccccc1Br.Cl. The van der Waals surface area contributed by atoms with Crippen molar-refractivity contribution in [1.82, 2.24) is 9.55 Å². The van der Waals surface area contributed by atoms with Crippen LogP contribution in [0.3, 0.4) is 0 Å². The number of nitrogens with two attached hydrogens (primary N) is 1.